The molecule has 142 valence electrons. The van der Waals surface area contributed by atoms with Crippen molar-refractivity contribution in [1.29, 1.82) is 0 Å². The topological polar surface area (TPSA) is 39.7 Å². The summed E-state index contributed by atoms with van der Waals surface area (Å²) in [6.07, 6.45) is 1.21. The molecule has 1 atom stereocenters. The average molecular weight is 549 g/mol. The molecule has 0 radical (unpaired) electrons. The van der Waals surface area contributed by atoms with Crippen molar-refractivity contribution < 1.29 is 0 Å². The van der Waals surface area contributed by atoms with E-state index in [1.54, 1.807) is 0 Å². The monoisotopic (exact) mass is 548 g/mol. The minimum atomic E-state index is 0. The van der Waals surface area contributed by atoms with E-state index in [0.29, 0.717) is 5.92 Å². The van der Waals surface area contributed by atoms with E-state index in [2.05, 4.69) is 79.8 Å². The van der Waals surface area contributed by atoms with Gasteiger partial charge in [-0.25, -0.2) is 0 Å². The molecule has 3 rings (SSSR count). The van der Waals surface area contributed by atoms with Crippen LogP contribution in [0, 0.1) is 12.8 Å². The van der Waals surface area contributed by atoms with Gasteiger partial charge in [0.2, 0.25) is 0 Å². The Kier molecular flexibility index (Phi) is 8.69. The summed E-state index contributed by atoms with van der Waals surface area (Å²) in [4.78, 5) is 9.48. The number of guanidine groups is 1. The third kappa shape index (κ3) is 6.13. The average Bonchev–Trinajstić information content (AvgIpc) is 3.24. The molecule has 2 N–H and O–H groups in total. The van der Waals surface area contributed by atoms with Crippen molar-refractivity contribution in [3.05, 3.63) is 50.6 Å². The summed E-state index contributed by atoms with van der Waals surface area (Å²) < 4.78 is 1.14. The Labute approximate surface area is 185 Å². The SMILES string of the molecule is CN=C(NCc1ccc(C)s1)NCC1CCN(c2cccc(Br)c2)C1.I. The second-order valence-corrected chi connectivity index (χ2v) is 8.69. The summed E-state index contributed by atoms with van der Waals surface area (Å²) >= 11 is 5.39. The van der Waals surface area contributed by atoms with Crippen molar-refractivity contribution in [2.45, 2.75) is 19.9 Å². The van der Waals surface area contributed by atoms with Crippen LogP contribution in [0.15, 0.2) is 45.9 Å². The predicted molar refractivity (Wildman–Crippen MR) is 127 cm³/mol. The highest BCUT2D eigenvalue weighted by molar-refractivity contribution is 14.0. The van der Waals surface area contributed by atoms with E-state index in [1.165, 1.54) is 21.9 Å². The molecule has 1 aromatic heterocycles. The first-order chi connectivity index (χ1) is 12.1. The second kappa shape index (κ2) is 10.5. The number of anilines is 1. The lowest BCUT2D eigenvalue weighted by Crippen LogP contribution is -2.39. The van der Waals surface area contributed by atoms with Crippen molar-refractivity contribution in [3.63, 3.8) is 0 Å². The molecular formula is C19H26BrIN4S. The lowest BCUT2D eigenvalue weighted by molar-refractivity contribution is 0.566. The highest BCUT2D eigenvalue weighted by Gasteiger charge is 2.22. The van der Waals surface area contributed by atoms with E-state index in [9.17, 15) is 0 Å². The molecule has 2 heterocycles. The Balaban J connectivity index is 0.00000243. The van der Waals surface area contributed by atoms with Crippen LogP contribution in [-0.4, -0.2) is 32.6 Å². The molecule has 1 unspecified atom stereocenters. The normalized spacial score (nSPS) is 17.1. The van der Waals surface area contributed by atoms with Crippen molar-refractivity contribution in [3.8, 4) is 0 Å². The van der Waals surface area contributed by atoms with Crippen LogP contribution in [-0.2, 0) is 6.54 Å². The van der Waals surface area contributed by atoms with Gasteiger partial charge in [0.15, 0.2) is 5.96 Å². The van der Waals surface area contributed by atoms with Gasteiger partial charge in [0.1, 0.15) is 0 Å². The number of aliphatic imine (C=N–C) groups is 1. The van der Waals surface area contributed by atoms with Crippen LogP contribution in [0.1, 0.15) is 16.2 Å². The Morgan fingerprint density at radius 3 is 2.85 bits per heavy atom. The number of nitrogens with zero attached hydrogens (tertiary/aromatic N) is 2. The van der Waals surface area contributed by atoms with Gasteiger partial charge in [0.25, 0.3) is 0 Å². The molecule has 4 nitrogen and oxygen atoms in total. The quantitative estimate of drug-likeness (QED) is 0.325. The molecular weight excluding hydrogens is 523 g/mol. The molecule has 0 saturated carbocycles. The van der Waals surface area contributed by atoms with E-state index in [-0.39, 0.29) is 24.0 Å². The summed E-state index contributed by atoms with van der Waals surface area (Å²) in [5.41, 5.74) is 1.30. The highest BCUT2D eigenvalue weighted by atomic mass is 127. The summed E-state index contributed by atoms with van der Waals surface area (Å²) in [5.74, 6) is 1.52. The molecule has 1 aliphatic rings. The van der Waals surface area contributed by atoms with Crippen LogP contribution >= 0.6 is 51.2 Å². The number of hydrogen-bond acceptors (Lipinski definition) is 3. The van der Waals surface area contributed by atoms with Gasteiger partial charge in [0, 0.05) is 46.6 Å². The van der Waals surface area contributed by atoms with E-state index < -0.39 is 0 Å². The molecule has 2 aromatic rings. The van der Waals surface area contributed by atoms with Crippen LogP contribution < -0.4 is 15.5 Å². The molecule has 7 heteroatoms. The zero-order valence-corrected chi connectivity index (χ0v) is 19.9. The first kappa shape index (κ1) is 21.5. The fraction of sp³-hybridized carbons (Fsp3) is 0.421. The second-order valence-electron chi connectivity index (χ2n) is 6.40. The smallest absolute Gasteiger partial charge is 0.191 e. The minimum Gasteiger partial charge on any atom is -0.371 e. The zero-order valence-electron chi connectivity index (χ0n) is 15.2. The maximum atomic E-state index is 4.34. The van der Waals surface area contributed by atoms with Crippen LogP contribution in [0.4, 0.5) is 5.69 Å². The van der Waals surface area contributed by atoms with Crippen LogP contribution in [0.3, 0.4) is 0 Å². The molecule has 1 fully saturated rings. The first-order valence-corrected chi connectivity index (χ1v) is 10.3. The van der Waals surface area contributed by atoms with Crippen molar-refractivity contribution in [2.24, 2.45) is 10.9 Å². The number of benzene rings is 1. The fourth-order valence-corrected chi connectivity index (χ4v) is 4.34. The molecule has 0 aliphatic carbocycles. The highest BCUT2D eigenvalue weighted by Crippen LogP contribution is 2.25. The number of rotatable bonds is 5. The molecule has 1 aliphatic heterocycles. The molecule has 1 saturated heterocycles. The van der Waals surface area contributed by atoms with Gasteiger partial charge in [-0.3, -0.25) is 4.99 Å². The number of nitrogens with one attached hydrogen (secondary N) is 2. The van der Waals surface area contributed by atoms with Gasteiger partial charge in [-0.1, -0.05) is 22.0 Å². The number of aryl methyl sites for hydroxylation is 1. The number of halogens is 2. The Morgan fingerprint density at radius 1 is 1.31 bits per heavy atom. The largest absolute Gasteiger partial charge is 0.371 e. The van der Waals surface area contributed by atoms with E-state index >= 15 is 0 Å². The van der Waals surface area contributed by atoms with Crippen molar-refractivity contribution in [1.82, 2.24) is 10.6 Å². The maximum absolute atomic E-state index is 4.34. The first-order valence-electron chi connectivity index (χ1n) is 8.64. The van der Waals surface area contributed by atoms with Gasteiger partial charge in [-0.2, -0.15) is 0 Å². The van der Waals surface area contributed by atoms with Gasteiger partial charge in [0.05, 0.1) is 6.54 Å². The van der Waals surface area contributed by atoms with Gasteiger partial charge < -0.3 is 15.5 Å². The van der Waals surface area contributed by atoms with Gasteiger partial charge in [-0.05, 0) is 49.6 Å². The fourth-order valence-electron chi connectivity index (χ4n) is 3.12. The third-order valence-electron chi connectivity index (χ3n) is 4.47. The van der Waals surface area contributed by atoms with Gasteiger partial charge in [-0.15, -0.1) is 35.3 Å². The van der Waals surface area contributed by atoms with Crippen molar-refractivity contribution >= 4 is 62.9 Å². The van der Waals surface area contributed by atoms with E-state index in [1.807, 2.05) is 18.4 Å². The number of hydrogen-bond donors (Lipinski definition) is 2. The lowest BCUT2D eigenvalue weighted by atomic mass is 10.1. The summed E-state index contributed by atoms with van der Waals surface area (Å²) in [6, 6.07) is 12.9. The summed E-state index contributed by atoms with van der Waals surface area (Å²) in [6.45, 7) is 6.12. The van der Waals surface area contributed by atoms with Crippen LogP contribution in [0.25, 0.3) is 0 Å². The molecule has 26 heavy (non-hydrogen) atoms. The summed E-state index contributed by atoms with van der Waals surface area (Å²) in [5, 5.41) is 6.88. The number of thiophene rings is 1. The predicted octanol–water partition coefficient (Wildman–Crippen LogP) is 4.63. The zero-order chi connectivity index (χ0) is 17.6. The minimum absolute atomic E-state index is 0. The molecule has 0 amide bonds. The van der Waals surface area contributed by atoms with Crippen LogP contribution in [0.5, 0.6) is 0 Å². The third-order valence-corrected chi connectivity index (χ3v) is 5.96. The molecule has 0 bridgehead atoms. The van der Waals surface area contributed by atoms with Crippen LogP contribution in [0.2, 0.25) is 0 Å². The lowest BCUT2D eigenvalue weighted by Gasteiger charge is -2.19. The Hall–Kier alpha value is -0.800. The Bertz CT molecular complexity index is 734. The molecule has 0 spiro atoms. The Morgan fingerprint density at radius 2 is 2.15 bits per heavy atom. The van der Waals surface area contributed by atoms with E-state index in [0.717, 1.165) is 36.6 Å². The molecule has 1 aromatic carbocycles. The maximum Gasteiger partial charge on any atom is 0.191 e. The summed E-state index contributed by atoms with van der Waals surface area (Å²) in [7, 11) is 1.83. The standard InChI is InChI=1S/C19H25BrN4S.HI/c1-14-6-7-18(25-14)12-23-19(21-2)22-11-15-8-9-24(13-15)17-5-3-4-16(20)10-17;/h3-7,10,15H,8-9,11-13H2,1-2H3,(H2,21,22,23);1H. The van der Waals surface area contributed by atoms with E-state index in [4.69, 9.17) is 0 Å². The van der Waals surface area contributed by atoms with Gasteiger partial charge >= 0.3 is 0 Å². The van der Waals surface area contributed by atoms with Crippen molar-refractivity contribution in [2.75, 3.05) is 31.6 Å².